The Hall–Kier alpha value is -0.910. The molecule has 4 nitrogen and oxygen atoms in total. The Morgan fingerprint density at radius 2 is 2.56 bits per heavy atom. The highest BCUT2D eigenvalue weighted by molar-refractivity contribution is 7.09. The summed E-state index contributed by atoms with van der Waals surface area (Å²) in [6, 6.07) is 4.05. The molecule has 0 aromatic carbocycles. The smallest absolute Gasteiger partial charge is 0.248 e. The van der Waals surface area contributed by atoms with Crippen LogP contribution >= 0.6 is 11.3 Å². The summed E-state index contributed by atoms with van der Waals surface area (Å²) in [6.45, 7) is 2.27. The Morgan fingerprint density at radius 1 is 1.67 bits per heavy atom. The average Bonchev–Trinajstić information content (AvgIpc) is 3.01. The van der Waals surface area contributed by atoms with Gasteiger partial charge in [0.1, 0.15) is 6.61 Å². The van der Waals surface area contributed by atoms with Crippen molar-refractivity contribution in [3.8, 4) is 0 Å². The van der Waals surface area contributed by atoms with Crippen LogP contribution in [0.4, 0.5) is 0 Å². The molecule has 1 aromatic heterocycles. The minimum atomic E-state index is 0.0291. The molecule has 1 aliphatic heterocycles. The van der Waals surface area contributed by atoms with Gasteiger partial charge >= 0.3 is 0 Å². The van der Waals surface area contributed by atoms with Crippen molar-refractivity contribution in [2.45, 2.75) is 25.5 Å². The molecule has 0 spiro atoms. The quantitative estimate of drug-likeness (QED) is 0.792. The van der Waals surface area contributed by atoms with Crippen LogP contribution in [0.15, 0.2) is 17.5 Å². The zero-order chi connectivity index (χ0) is 12.8. The van der Waals surface area contributed by atoms with Crippen LogP contribution in [0.1, 0.15) is 17.7 Å². The van der Waals surface area contributed by atoms with E-state index in [1.165, 1.54) is 4.88 Å². The van der Waals surface area contributed by atoms with E-state index >= 15 is 0 Å². The summed E-state index contributed by atoms with van der Waals surface area (Å²) < 4.78 is 10.5. The Bertz CT molecular complexity index is 360. The van der Waals surface area contributed by atoms with Crippen molar-refractivity contribution in [1.29, 1.82) is 0 Å². The van der Waals surface area contributed by atoms with Crippen LogP contribution in [0.2, 0.25) is 0 Å². The lowest BCUT2D eigenvalue weighted by Gasteiger charge is -2.24. The average molecular weight is 269 g/mol. The van der Waals surface area contributed by atoms with Crippen LogP contribution < -0.4 is 0 Å². The lowest BCUT2D eigenvalue weighted by molar-refractivity contribution is -0.137. The first-order valence-electron chi connectivity index (χ1n) is 6.20. The van der Waals surface area contributed by atoms with Gasteiger partial charge in [-0.1, -0.05) is 6.07 Å². The lowest BCUT2D eigenvalue weighted by atomic mass is 10.2. The molecule has 2 heterocycles. The van der Waals surface area contributed by atoms with Gasteiger partial charge in [0.05, 0.1) is 12.6 Å². The molecule has 0 N–H and O–H groups in total. The molecule has 1 atom stereocenters. The summed E-state index contributed by atoms with van der Waals surface area (Å²) in [6.07, 6.45) is 2.32. The van der Waals surface area contributed by atoms with Gasteiger partial charge in [0.25, 0.3) is 0 Å². The van der Waals surface area contributed by atoms with E-state index in [4.69, 9.17) is 9.47 Å². The van der Waals surface area contributed by atoms with E-state index in [9.17, 15) is 4.79 Å². The van der Waals surface area contributed by atoms with Crippen molar-refractivity contribution < 1.29 is 14.3 Å². The Kier molecular flexibility index (Phi) is 5.16. The van der Waals surface area contributed by atoms with Crippen LogP contribution in [0, 0.1) is 0 Å². The fourth-order valence-electron chi connectivity index (χ4n) is 2.09. The maximum Gasteiger partial charge on any atom is 0.248 e. The SMILES string of the molecule is COCC(=O)N(Cc1cccs1)CC1CCCO1. The topological polar surface area (TPSA) is 38.8 Å². The first-order valence-corrected chi connectivity index (χ1v) is 7.08. The number of rotatable bonds is 6. The first kappa shape index (κ1) is 13.5. The number of methoxy groups -OCH3 is 1. The predicted molar refractivity (Wildman–Crippen MR) is 70.6 cm³/mol. The van der Waals surface area contributed by atoms with Crippen molar-refractivity contribution in [3.05, 3.63) is 22.4 Å². The Morgan fingerprint density at radius 3 is 3.17 bits per heavy atom. The number of hydrogen-bond acceptors (Lipinski definition) is 4. The highest BCUT2D eigenvalue weighted by Gasteiger charge is 2.22. The fourth-order valence-corrected chi connectivity index (χ4v) is 2.81. The van der Waals surface area contributed by atoms with Gasteiger partial charge in [-0.05, 0) is 24.3 Å². The van der Waals surface area contributed by atoms with Gasteiger partial charge in [-0.3, -0.25) is 4.79 Å². The molecule has 18 heavy (non-hydrogen) atoms. The third-order valence-corrected chi connectivity index (χ3v) is 3.86. The molecular formula is C13H19NO3S. The normalized spacial score (nSPS) is 19.1. The predicted octanol–water partition coefficient (Wildman–Crippen LogP) is 1.90. The van der Waals surface area contributed by atoms with E-state index in [2.05, 4.69) is 0 Å². The van der Waals surface area contributed by atoms with E-state index in [1.54, 1.807) is 18.4 Å². The molecule has 0 saturated carbocycles. The number of carbonyl (C=O) groups is 1. The molecule has 2 rings (SSSR count). The van der Waals surface area contributed by atoms with Crippen molar-refractivity contribution in [3.63, 3.8) is 0 Å². The molecule has 1 aromatic rings. The van der Waals surface area contributed by atoms with E-state index < -0.39 is 0 Å². The summed E-state index contributed by atoms with van der Waals surface area (Å²) in [4.78, 5) is 15.0. The third-order valence-electron chi connectivity index (χ3n) is 3.00. The van der Waals surface area contributed by atoms with Crippen molar-refractivity contribution in [2.75, 3.05) is 26.9 Å². The molecule has 0 aliphatic carbocycles. The number of carbonyl (C=O) groups excluding carboxylic acids is 1. The van der Waals surface area contributed by atoms with Crippen LogP contribution in [0.5, 0.6) is 0 Å². The van der Waals surface area contributed by atoms with Crippen molar-refractivity contribution in [1.82, 2.24) is 4.90 Å². The molecule has 1 saturated heterocycles. The molecule has 1 amide bonds. The van der Waals surface area contributed by atoms with Gasteiger partial charge in [0.2, 0.25) is 5.91 Å². The zero-order valence-electron chi connectivity index (χ0n) is 10.6. The van der Waals surface area contributed by atoms with Gasteiger partial charge in [-0.25, -0.2) is 0 Å². The highest BCUT2D eigenvalue weighted by Crippen LogP contribution is 2.17. The first-order chi connectivity index (χ1) is 8.79. The van der Waals surface area contributed by atoms with E-state index in [0.717, 1.165) is 19.4 Å². The number of ether oxygens (including phenoxy) is 2. The molecule has 1 unspecified atom stereocenters. The summed E-state index contributed by atoms with van der Waals surface area (Å²) in [5.74, 6) is 0.0291. The summed E-state index contributed by atoms with van der Waals surface area (Å²) in [7, 11) is 1.55. The monoisotopic (exact) mass is 269 g/mol. The highest BCUT2D eigenvalue weighted by atomic mass is 32.1. The van der Waals surface area contributed by atoms with Gasteiger partial charge in [-0.15, -0.1) is 11.3 Å². The number of hydrogen-bond donors (Lipinski definition) is 0. The molecule has 1 aliphatic rings. The van der Waals surface area contributed by atoms with E-state index in [1.807, 2.05) is 22.4 Å². The zero-order valence-corrected chi connectivity index (χ0v) is 11.4. The minimum Gasteiger partial charge on any atom is -0.376 e. The second-order valence-electron chi connectivity index (χ2n) is 4.42. The largest absolute Gasteiger partial charge is 0.376 e. The number of thiophene rings is 1. The standard InChI is InChI=1S/C13H19NO3S/c1-16-10-13(15)14(8-11-4-2-6-17-11)9-12-5-3-7-18-12/h3,5,7,11H,2,4,6,8-10H2,1H3. The third kappa shape index (κ3) is 3.80. The molecule has 5 heteroatoms. The summed E-state index contributed by atoms with van der Waals surface area (Å²) in [5, 5.41) is 2.03. The van der Waals surface area contributed by atoms with Gasteiger partial charge in [0, 0.05) is 25.1 Å². The molecular weight excluding hydrogens is 250 g/mol. The maximum atomic E-state index is 12.0. The second-order valence-corrected chi connectivity index (χ2v) is 5.45. The van der Waals surface area contributed by atoms with Gasteiger partial charge in [-0.2, -0.15) is 0 Å². The molecule has 0 bridgehead atoms. The van der Waals surface area contributed by atoms with Crippen LogP contribution in [0.25, 0.3) is 0 Å². The lowest BCUT2D eigenvalue weighted by Crippen LogP contribution is -2.38. The molecule has 100 valence electrons. The van der Waals surface area contributed by atoms with E-state index in [-0.39, 0.29) is 18.6 Å². The Balaban J connectivity index is 1.94. The van der Waals surface area contributed by atoms with Crippen LogP contribution in [-0.2, 0) is 20.8 Å². The Labute approximate surface area is 111 Å². The van der Waals surface area contributed by atoms with Crippen molar-refractivity contribution >= 4 is 17.2 Å². The summed E-state index contributed by atoms with van der Waals surface area (Å²) in [5.41, 5.74) is 0. The minimum absolute atomic E-state index is 0.0291. The van der Waals surface area contributed by atoms with E-state index in [0.29, 0.717) is 13.1 Å². The van der Waals surface area contributed by atoms with Crippen molar-refractivity contribution in [2.24, 2.45) is 0 Å². The fraction of sp³-hybridized carbons (Fsp3) is 0.615. The van der Waals surface area contributed by atoms with Crippen LogP contribution in [0.3, 0.4) is 0 Å². The second kappa shape index (κ2) is 6.87. The maximum absolute atomic E-state index is 12.0. The number of nitrogens with zero attached hydrogens (tertiary/aromatic N) is 1. The van der Waals surface area contributed by atoms with Gasteiger partial charge < -0.3 is 14.4 Å². The molecule has 1 fully saturated rings. The molecule has 0 radical (unpaired) electrons. The number of amides is 1. The van der Waals surface area contributed by atoms with Gasteiger partial charge in [0.15, 0.2) is 0 Å². The summed E-state index contributed by atoms with van der Waals surface area (Å²) >= 11 is 1.67. The van der Waals surface area contributed by atoms with Crippen LogP contribution in [-0.4, -0.2) is 43.8 Å².